The zero-order valence-corrected chi connectivity index (χ0v) is 15.6. The molecule has 6 heteroatoms. The lowest BCUT2D eigenvalue weighted by Gasteiger charge is -2.09. The van der Waals surface area contributed by atoms with Gasteiger partial charge in [0.25, 0.3) is 5.95 Å². The van der Waals surface area contributed by atoms with Crippen molar-refractivity contribution in [3.63, 3.8) is 0 Å². The minimum atomic E-state index is 0.307. The van der Waals surface area contributed by atoms with Crippen LogP contribution in [0.1, 0.15) is 5.56 Å². The Labute approximate surface area is 167 Å². The fraction of sp³-hybridized carbons (Fsp3) is 0. The van der Waals surface area contributed by atoms with Crippen molar-refractivity contribution in [2.45, 2.75) is 0 Å². The Morgan fingerprint density at radius 2 is 1.32 bits per heavy atom. The molecule has 136 valence electrons. The van der Waals surface area contributed by atoms with Crippen LogP contribution in [-0.4, -0.2) is 21.4 Å². The number of hydrazone groups is 1. The Bertz CT molecular complexity index is 1100. The Balaban J connectivity index is 1.68. The van der Waals surface area contributed by atoms with Crippen LogP contribution in [0.5, 0.6) is 0 Å². The molecule has 1 heterocycles. The van der Waals surface area contributed by atoms with Gasteiger partial charge in [-0.15, -0.1) is 10.2 Å². The molecule has 0 bridgehead atoms. The molecule has 28 heavy (non-hydrogen) atoms. The molecule has 1 aromatic heterocycles. The van der Waals surface area contributed by atoms with Crippen LogP contribution in [0.4, 0.5) is 5.95 Å². The average molecular weight is 386 g/mol. The summed E-state index contributed by atoms with van der Waals surface area (Å²) < 4.78 is 0. The quantitative estimate of drug-likeness (QED) is 0.373. The molecule has 0 spiro atoms. The molecule has 0 saturated heterocycles. The van der Waals surface area contributed by atoms with Gasteiger partial charge in [-0.25, -0.2) is 10.4 Å². The second kappa shape index (κ2) is 8.41. The van der Waals surface area contributed by atoms with Gasteiger partial charge in [-0.3, -0.25) is 0 Å². The van der Waals surface area contributed by atoms with Gasteiger partial charge in [0.1, 0.15) is 11.4 Å². The molecule has 4 aromatic rings. The smallest absolute Gasteiger partial charge is 0.244 e. The van der Waals surface area contributed by atoms with E-state index in [9.17, 15) is 0 Å². The lowest BCUT2D eigenvalue weighted by molar-refractivity contribution is 0.973. The number of hydrogen-bond acceptors (Lipinski definition) is 5. The van der Waals surface area contributed by atoms with Crippen molar-refractivity contribution in [2.75, 3.05) is 5.43 Å². The highest BCUT2D eigenvalue weighted by molar-refractivity contribution is 6.33. The number of halogens is 1. The number of hydrogen-bond donors (Lipinski definition) is 1. The first kappa shape index (κ1) is 17.8. The lowest BCUT2D eigenvalue weighted by atomic mass is 10.0. The summed E-state index contributed by atoms with van der Waals surface area (Å²) in [5, 5.41) is 13.4. The predicted octanol–water partition coefficient (Wildman–Crippen LogP) is 5.31. The second-order valence-corrected chi connectivity index (χ2v) is 6.36. The number of benzene rings is 3. The van der Waals surface area contributed by atoms with Crippen LogP contribution in [0.2, 0.25) is 5.02 Å². The molecule has 0 unspecified atom stereocenters. The topological polar surface area (TPSA) is 63.1 Å². The summed E-state index contributed by atoms with van der Waals surface area (Å²) in [6.07, 6.45) is 1.62. The van der Waals surface area contributed by atoms with E-state index in [1.54, 1.807) is 6.21 Å². The van der Waals surface area contributed by atoms with Crippen molar-refractivity contribution in [3.8, 4) is 22.5 Å². The summed E-state index contributed by atoms with van der Waals surface area (Å²) in [5.74, 6) is 0.307. The maximum atomic E-state index is 6.14. The van der Waals surface area contributed by atoms with Crippen LogP contribution in [0.15, 0.2) is 90.0 Å². The summed E-state index contributed by atoms with van der Waals surface area (Å²) in [7, 11) is 0. The van der Waals surface area contributed by atoms with E-state index >= 15 is 0 Å². The zero-order chi connectivity index (χ0) is 19.2. The van der Waals surface area contributed by atoms with Gasteiger partial charge in [0.15, 0.2) is 0 Å². The van der Waals surface area contributed by atoms with Crippen molar-refractivity contribution >= 4 is 23.8 Å². The van der Waals surface area contributed by atoms with Gasteiger partial charge in [0.2, 0.25) is 0 Å². The van der Waals surface area contributed by atoms with Crippen molar-refractivity contribution in [1.29, 1.82) is 0 Å². The van der Waals surface area contributed by atoms with E-state index in [0.29, 0.717) is 16.7 Å². The Hall–Kier alpha value is -3.57. The molecule has 0 fully saturated rings. The highest BCUT2D eigenvalue weighted by atomic mass is 35.5. The van der Waals surface area contributed by atoms with Crippen LogP contribution in [0.25, 0.3) is 22.5 Å². The lowest BCUT2D eigenvalue weighted by Crippen LogP contribution is -2.03. The highest BCUT2D eigenvalue weighted by Crippen LogP contribution is 2.28. The van der Waals surface area contributed by atoms with Crippen molar-refractivity contribution in [2.24, 2.45) is 5.10 Å². The average Bonchev–Trinajstić information content (AvgIpc) is 2.76. The molecule has 0 aliphatic carbocycles. The molecule has 0 saturated carbocycles. The molecule has 0 atom stereocenters. The molecule has 0 amide bonds. The highest BCUT2D eigenvalue weighted by Gasteiger charge is 2.13. The van der Waals surface area contributed by atoms with Crippen LogP contribution in [0.3, 0.4) is 0 Å². The number of nitrogens with zero attached hydrogens (tertiary/aromatic N) is 4. The number of nitrogens with one attached hydrogen (secondary N) is 1. The minimum Gasteiger partial charge on any atom is -0.244 e. The van der Waals surface area contributed by atoms with Gasteiger partial charge in [-0.1, -0.05) is 90.5 Å². The maximum Gasteiger partial charge on any atom is 0.263 e. The third-order valence-corrected chi connectivity index (χ3v) is 4.40. The van der Waals surface area contributed by atoms with Crippen LogP contribution >= 0.6 is 11.6 Å². The molecular weight excluding hydrogens is 370 g/mol. The minimum absolute atomic E-state index is 0.307. The van der Waals surface area contributed by atoms with Crippen LogP contribution in [0, 0.1) is 0 Å². The standard InChI is InChI=1S/C22H16ClN5/c23-19-14-8-7-13-18(19)15-24-27-22-25-20(16-9-3-1-4-10-16)21(26-28-22)17-11-5-2-6-12-17/h1-15H,(H,25,27,28)/b24-15-. The molecule has 0 aliphatic heterocycles. The Morgan fingerprint density at radius 3 is 2.00 bits per heavy atom. The summed E-state index contributed by atoms with van der Waals surface area (Å²) in [6, 6.07) is 27.2. The van der Waals surface area contributed by atoms with Gasteiger partial charge in [-0.05, 0) is 6.07 Å². The van der Waals surface area contributed by atoms with Crippen molar-refractivity contribution < 1.29 is 0 Å². The van der Waals surface area contributed by atoms with E-state index in [2.05, 4.69) is 25.7 Å². The van der Waals surface area contributed by atoms with Gasteiger partial charge < -0.3 is 0 Å². The molecule has 1 N–H and O–H groups in total. The van der Waals surface area contributed by atoms with E-state index in [4.69, 9.17) is 11.6 Å². The van der Waals surface area contributed by atoms with Crippen molar-refractivity contribution in [1.82, 2.24) is 15.2 Å². The normalized spacial score (nSPS) is 10.9. The number of rotatable bonds is 5. The van der Waals surface area contributed by atoms with Gasteiger partial charge in [-0.2, -0.15) is 5.10 Å². The first-order valence-electron chi connectivity index (χ1n) is 8.70. The SMILES string of the molecule is Clc1ccccc1/C=N\Nc1nnc(-c2ccccc2)c(-c2ccccc2)n1. The molecule has 5 nitrogen and oxygen atoms in total. The van der Waals surface area contributed by atoms with Gasteiger partial charge >= 0.3 is 0 Å². The summed E-state index contributed by atoms with van der Waals surface area (Å²) in [6.45, 7) is 0. The predicted molar refractivity (Wildman–Crippen MR) is 113 cm³/mol. The maximum absolute atomic E-state index is 6.14. The first-order valence-corrected chi connectivity index (χ1v) is 9.08. The Kier molecular flexibility index (Phi) is 5.36. The van der Waals surface area contributed by atoms with Crippen LogP contribution < -0.4 is 5.43 Å². The van der Waals surface area contributed by atoms with E-state index in [1.165, 1.54) is 0 Å². The van der Waals surface area contributed by atoms with E-state index < -0.39 is 0 Å². The monoisotopic (exact) mass is 385 g/mol. The summed E-state index contributed by atoms with van der Waals surface area (Å²) in [4.78, 5) is 4.64. The molecular formula is C22H16ClN5. The molecule has 0 radical (unpaired) electrons. The first-order chi connectivity index (χ1) is 13.8. The zero-order valence-electron chi connectivity index (χ0n) is 14.8. The number of aromatic nitrogens is 3. The van der Waals surface area contributed by atoms with Crippen molar-refractivity contribution in [3.05, 3.63) is 95.5 Å². The van der Waals surface area contributed by atoms with E-state index in [1.807, 2.05) is 84.9 Å². The van der Waals surface area contributed by atoms with Gasteiger partial charge in [0.05, 0.1) is 6.21 Å². The van der Waals surface area contributed by atoms with Gasteiger partial charge in [0, 0.05) is 21.7 Å². The molecule has 3 aromatic carbocycles. The summed E-state index contributed by atoms with van der Waals surface area (Å²) in [5.41, 5.74) is 6.99. The third-order valence-electron chi connectivity index (χ3n) is 4.05. The van der Waals surface area contributed by atoms with E-state index in [0.717, 1.165) is 22.4 Å². The molecule has 0 aliphatic rings. The fourth-order valence-corrected chi connectivity index (χ4v) is 2.88. The fourth-order valence-electron chi connectivity index (χ4n) is 2.70. The third kappa shape index (κ3) is 4.05. The largest absolute Gasteiger partial charge is 0.263 e. The second-order valence-electron chi connectivity index (χ2n) is 5.96. The van der Waals surface area contributed by atoms with E-state index in [-0.39, 0.29) is 0 Å². The Morgan fingerprint density at radius 1 is 0.714 bits per heavy atom. The van der Waals surface area contributed by atoms with Crippen LogP contribution in [-0.2, 0) is 0 Å². The molecule has 4 rings (SSSR count). The number of anilines is 1. The summed E-state index contributed by atoms with van der Waals surface area (Å²) >= 11 is 6.14.